The number of carbonyl (C=O) groups excluding carboxylic acids is 1. The first-order valence-corrected chi connectivity index (χ1v) is 8.34. The van der Waals surface area contributed by atoms with Crippen molar-refractivity contribution in [2.75, 3.05) is 18.7 Å². The molecule has 0 spiro atoms. The van der Waals surface area contributed by atoms with Crippen molar-refractivity contribution in [3.05, 3.63) is 53.3 Å². The minimum Gasteiger partial charge on any atom is -0.454 e. The minimum atomic E-state index is -0.357. The molecule has 1 fully saturated rings. The van der Waals surface area contributed by atoms with Crippen LogP contribution in [0.5, 0.6) is 11.5 Å². The number of amides is 2. The van der Waals surface area contributed by atoms with Gasteiger partial charge in [0, 0.05) is 12.2 Å². The van der Waals surface area contributed by atoms with Gasteiger partial charge in [-0.05, 0) is 61.2 Å². The number of nitrogens with zero attached hydrogens (tertiary/aromatic N) is 1. The van der Waals surface area contributed by atoms with E-state index in [1.807, 2.05) is 18.2 Å². The van der Waals surface area contributed by atoms with E-state index >= 15 is 0 Å². The summed E-state index contributed by atoms with van der Waals surface area (Å²) in [6.45, 7) is 2.69. The molecular formula is C19H19FN2O3. The first-order chi connectivity index (χ1) is 12.1. The molecule has 0 bridgehead atoms. The fourth-order valence-electron chi connectivity index (χ4n) is 3.48. The topological polar surface area (TPSA) is 50.8 Å². The van der Waals surface area contributed by atoms with Crippen LogP contribution >= 0.6 is 0 Å². The molecular weight excluding hydrogens is 323 g/mol. The third-order valence-electron chi connectivity index (χ3n) is 4.59. The molecule has 25 heavy (non-hydrogen) atoms. The predicted molar refractivity (Wildman–Crippen MR) is 91.4 cm³/mol. The SMILES string of the molecule is Cc1cc(F)cc(NC(=O)N2CCCC2c2ccc3c(c2)OCO3)c1. The normalized spacial score (nSPS) is 18.5. The zero-order valence-corrected chi connectivity index (χ0v) is 13.9. The van der Waals surface area contributed by atoms with Crippen LogP contribution < -0.4 is 14.8 Å². The molecule has 4 rings (SSSR count). The molecule has 2 amide bonds. The molecule has 2 heterocycles. The Morgan fingerprint density at radius 3 is 2.88 bits per heavy atom. The van der Waals surface area contributed by atoms with Crippen molar-refractivity contribution in [3.63, 3.8) is 0 Å². The summed E-state index contributed by atoms with van der Waals surface area (Å²) in [4.78, 5) is 14.5. The van der Waals surface area contributed by atoms with Crippen LogP contribution in [0.25, 0.3) is 0 Å². The number of benzene rings is 2. The van der Waals surface area contributed by atoms with Crippen LogP contribution in [0.4, 0.5) is 14.9 Å². The molecule has 5 nitrogen and oxygen atoms in total. The van der Waals surface area contributed by atoms with Gasteiger partial charge in [0.2, 0.25) is 6.79 Å². The molecule has 0 radical (unpaired) electrons. The van der Waals surface area contributed by atoms with Crippen molar-refractivity contribution in [1.82, 2.24) is 4.90 Å². The molecule has 0 aromatic heterocycles. The third-order valence-corrected chi connectivity index (χ3v) is 4.59. The maximum absolute atomic E-state index is 13.5. The van der Waals surface area contributed by atoms with Crippen molar-refractivity contribution in [3.8, 4) is 11.5 Å². The highest BCUT2D eigenvalue weighted by molar-refractivity contribution is 5.90. The maximum Gasteiger partial charge on any atom is 0.322 e. The summed E-state index contributed by atoms with van der Waals surface area (Å²) in [7, 11) is 0. The Labute approximate surface area is 145 Å². The number of likely N-dealkylation sites (tertiary alicyclic amines) is 1. The van der Waals surface area contributed by atoms with Gasteiger partial charge in [-0.2, -0.15) is 0 Å². The molecule has 0 saturated carbocycles. The van der Waals surface area contributed by atoms with Gasteiger partial charge in [-0.15, -0.1) is 0 Å². The van der Waals surface area contributed by atoms with E-state index in [9.17, 15) is 9.18 Å². The molecule has 1 unspecified atom stereocenters. The molecule has 2 aromatic rings. The van der Waals surface area contributed by atoms with Crippen molar-refractivity contribution in [2.24, 2.45) is 0 Å². The van der Waals surface area contributed by atoms with Gasteiger partial charge in [-0.1, -0.05) is 6.07 Å². The Morgan fingerprint density at radius 1 is 1.20 bits per heavy atom. The van der Waals surface area contributed by atoms with Gasteiger partial charge in [0.25, 0.3) is 0 Å². The smallest absolute Gasteiger partial charge is 0.322 e. The van der Waals surface area contributed by atoms with Crippen LogP contribution in [0, 0.1) is 12.7 Å². The van der Waals surface area contributed by atoms with Crippen LogP contribution in [0.15, 0.2) is 36.4 Å². The summed E-state index contributed by atoms with van der Waals surface area (Å²) < 4.78 is 24.3. The Balaban J connectivity index is 1.53. The highest BCUT2D eigenvalue weighted by atomic mass is 19.1. The van der Waals surface area contributed by atoms with Crippen molar-refractivity contribution in [1.29, 1.82) is 0 Å². The van der Waals surface area contributed by atoms with Crippen LogP contribution in [0.1, 0.15) is 30.0 Å². The molecule has 2 aliphatic rings. The van der Waals surface area contributed by atoms with E-state index in [1.165, 1.54) is 12.1 Å². The Kier molecular flexibility index (Phi) is 3.95. The number of nitrogens with one attached hydrogen (secondary N) is 1. The predicted octanol–water partition coefficient (Wildman–Crippen LogP) is 4.23. The molecule has 2 aromatic carbocycles. The van der Waals surface area contributed by atoms with Gasteiger partial charge in [0.05, 0.1) is 6.04 Å². The van der Waals surface area contributed by atoms with E-state index in [0.717, 1.165) is 29.7 Å². The average molecular weight is 342 g/mol. The lowest BCUT2D eigenvalue weighted by atomic mass is 10.0. The lowest BCUT2D eigenvalue weighted by Crippen LogP contribution is -2.34. The number of anilines is 1. The second-order valence-electron chi connectivity index (χ2n) is 6.41. The number of hydrogen-bond acceptors (Lipinski definition) is 3. The summed E-state index contributed by atoms with van der Waals surface area (Å²) in [5.74, 6) is 1.09. The molecule has 130 valence electrons. The fourth-order valence-corrected chi connectivity index (χ4v) is 3.48. The number of hydrogen-bond donors (Lipinski definition) is 1. The van der Waals surface area contributed by atoms with E-state index in [0.29, 0.717) is 18.0 Å². The fraction of sp³-hybridized carbons (Fsp3) is 0.316. The molecule has 2 aliphatic heterocycles. The van der Waals surface area contributed by atoms with E-state index in [2.05, 4.69) is 5.32 Å². The van der Waals surface area contributed by atoms with Gasteiger partial charge >= 0.3 is 6.03 Å². The highest BCUT2D eigenvalue weighted by Crippen LogP contribution is 2.39. The Hall–Kier alpha value is -2.76. The van der Waals surface area contributed by atoms with Gasteiger partial charge in [-0.25, -0.2) is 9.18 Å². The van der Waals surface area contributed by atoms with Crippen molar-refractivity contribution < 1.29 is 18.7 Å². The summed E-state index contributed by atoms with van der Waals surface area (Å²) >= 11 is 0. The Morgan fingerprint density at radius 2 is 2.04 bits per heavy atom. The van der Waals surface area contributed by atoms with Gasteiger partial charge in [0.1, 0.15) is 5.82 Å². The van der Waals surface area contributed by atoms with Crippen LogP contribution in [-0.2, 0) is 0 Å². The van der Waals surface area contributed by atoms with Crippen molar-refractivity contribution in [2.45, 2.75) is 25.8 Å². The lowest BCUT2D eigenvalue weighted by Gasteiger charge is -2.25. The lowest BCUT2D eigenvalue weighted by molar-refractivity contribution is 0.173. The van der Waals surface area contributed by atoms with Crippen LogP contribution in [-0.4, -0.2) is 24.3 Å². The van der Waals surface area contributed by atoms with Gasteiger partial charge in [0.15, 0.2) is 11.5 Å². The monoisotopic (exact) mass is 342 g/mol. The van der Waals surface area contributed by atoms with Crippen LogP contribution in [0.2, 0.25) is 0 Å². The number of halogens is 1. The van der Waals surface area contributed by atoms with E-state index in [4.69, 9.17) is 9.47 Å². The molecule has 1 saturated heterocycles. The Bertz CT molecular complexity index is 804. The number of aryl methyl sites for hydroxylation is 1. The van der Waals surface area contributed by atoms with E-state index in [1.54, 1.807) is 17.9 Å². The number of fused-ring (bicyclic) bond motifs is 1. The quantitative estimate of drug-likeness (QED) is 0.888. The second-order valence-corrected chi connectivity index (χ2v) is 6.41. The molecule has 6 heteroatoms. The standard InChI is InChI=1S/C19H19FN2O3/c1-12-7-14(20)10-15(8-12)21-19(23)22-6-2-3-16(22)13-4-5-17-18(9-13)25-11-24-17/h4-5,7-10,16H,2-3,6,11H2,1H3,(H,21,23). The zero-order chi connectivity index (χ0) is 17.4. The van der Waals surface area contributed by atoms with Gasteiger partial charge in [-0.3, -0.25) is 0 Å². The first-order valence-electron chi connectivity index (χ1n) is 8.34. The highest BCUT2D eigenvalue weighted by Gasteiger charge is 2.31. The number of urea groups is 1. The zero-order valence-electron chi connectivity index (χ0n) is 13.9. The number of carbonyl (C=O) groups is 1. The third kappa shape index (κ3) is 3.12. The maximum atomic E-state index is 13.5. The summed E-state index contributed by atoms with van der Waals surface area (Å²) in [5.41, 5.74) is 2.26. The summed E-state index contributed by atoms with van der Waals surface area (Å²) in [5, 5.41) is 2.81. The minimum absolute atomic E-state index is 0.0239. The largest absolute Gasteiger partial charge is 0.454 e. The molecule has 1 N–H and O–H groups in total. The first kappa shape index (κ1) is 15.7. The average Bonchev–Trinajstić information content (AvgIpc) is 3.22. The second kappa shape index (κ2) is 6.27. The van der Waals surface area contributed by atoms with Crippen LogP contribution in [0.3, 0.4) is 0 Å². The van der Waals surface area contributed by atoms with E-state index < -0.39 is 0 Å². The van der Waals surface area contributed by atoms with Gasteiger partial charge < -0.3 is 19.7 Å². The summed E-state index contributed by atoms with van der Waals surface area (Å²) in [6.07, 6.45) is 1.81. The van der Waals surface area contributed by atoms with Crippen molar-refractivity contribution >= 4 is 11.7 Å². The number of ether oxygens (including phenoxy) is 2. The molecule has 1 atom stereocenters. The molecule has 0 aliphatic carbocycles. The number of rotatable bonds is 2. The van der Waals surface area contributed by atoms with E-state index in [-0.39, 0.29) is 24.7 Å². The summed E-state index contributed by atoms with van der Waals surface area (Å²) in [6, 6.07) is 10.1.